The molecule has 0 saturated carbocycles. The van der Waals surface area contributed by atoms with E-state index in [9.17, 15) is 14.9 Å². The Morgan fingerprint density at radius 2 is 2.21 bits per heavy atom. The SMILES string of the molecule is CC[C@@H](NC(=O)[C@@H](C)OC)c1cccc([N+](=O)[O-])c1. The van der Waals surface area contributed by atoms with Crippen molar-refractivity contribution in [3.05, 3.63) is 39.9 Å². The van der Waals surface area contributed by atoms with Crippen LogP contribution in [0.2, 0.25) is 0 Å². The van der Waals surface area contributed by atoms with Gasteiger partial charge in [0.05, 0.1) is 11.0 Å². The van der Waals surface area contributed by atoms with Crippen LogP contribution in [0.1, 0.15) is 31.9 Å². The highest BCUT2D eigenvalue weighted by Gasteiger charge is 2.18. The van der Waals surface area contributed by atoms with Crippen LogP contribution in [0.15, 0.2) is 24.3 Å². The number of hydrogen-bond acceptors (Lipinski definition) is 4. The summed E-state index contributed by atoms with van der Waals surface area (Å²) in [6.45, 7) is 3.55. The first kappa shape index (κ1) is 15.1. The normalized spacial score (nSPS) is 13.6. The average molecular weight is 266 g/mol. The van der Waals surface area contributed by atoms with E-state index >= 15 is 0 Å². The summed E-state index contributed by atoms with van der Waals surface area (Å²) in [5.74, 6) is -0.235. The Kier molecular flexibility index (Phi) is 5.44. The number of carbonyl (C=O) groups excluding carboxylic acids is 1. The lowest BCUT2D eigenvalue weighted by Gasteiger charge is -2.19. The molecule has 104 valence electrons. The monoisotopic (exact) mass is 266 g/mol. The molecule has 0 aliphatic heterocycles. The maximum Gasteiger partial charge on any atom is 0.269 e. The molecule has 0 heterocycles. The standard InChI is InChI=1S/C13H18N2O4/c1-4-12(14-13(16)9(2)19-3)10-6-5-7-11(8-10)15(17)18/h5-9,12H,4H2,1-3H3,(H,14,16)/t9-,12-/m1/s1. The summed E-state index contributed by atoms with van der Waals surface area (Å²) in [5.41, 5.74) is 0.735. The van der Waals surface area contributed by atoms with Gasteiger partial charge in [-0.3, -0.25) is 14.9 Å². The molecule has 1 N–H and O–H groups in total. The van der Waals surface area contributed by atoms with E-state index in [1.807, 2.05) is 6.92 Å². The fourth-order valence-corrected chi connectivity index (χ4v) is 1.67. The van der Waals surface area contributed by atoms with Crippen LogP contribution in [-0.4, -0.2) is 24.0 Å². The van der Waals surface area contributed by atoms with E-state index in [0.717, 1.165) is 0 Å². The van der Waals surface area contributed by atoms with E-state index in [4.69, 9.17) is 4.74 Å². The zero-order valence-electron chi connectivity index (χ0n) is 11.3. The first-order chi connectivity index (χ1) is 8.99. The molecule has 19 heavy (non-hydrogen) atoms. The number of nitro benzene ring substituents is 1. The lowest BCUT2D eigenvalue weighted by atomic mass is 10.0. The molecule has 0 aliphatic rings. The second-order valence-electron chi connectivity index (χ2n) is 4.20. The third-order valence-electron chi connectivity index (χ3n) is 2.93. The number of ether oxygens (including phenoxy) is 1. The summed E-state index contributed by atoms with van der Waals surface area (Å²) >= 11 is 0. The molecule has 0 spiro atoms. The maximum atomic E-state index is 11.8. The first-order valence-electron chi connectivity index (χ1n) is 6.07. The van der Waals surface area contributed by atoms with Crippen molar-refractivity contribution in [3.63, 3.8) is 0 Å². The van der Waals surface area contributed by atoms with Gasteiger partial charge in [0.25, 0.3) is 5.69 Å². The summed E-state index contributed by atoms with van der Waals surface area (Å²) in [5, 5.41) is 13.6. The summed E-state index contributed by atoms with van der Waals surface area (Å²) in [6, 6.07) is 6.02. The van der Waals surface area contributed by atoms with E-state index < -0.39 is 11.0 Å². The molecule has 2 atom stereocenters. The lowest BCUT2D eigenvalue weighted by Crippen LogP contribution is -2.36. The van der Waals surface area contributed by atoms with Gasteiger partial charge in [-0.05, 0) is 18.9 Å². The van der Waals surface area contributed by atoms with Gasteiger partial charge in [0.2, 0.25) is 5.91 Å². The predicted octanol–water partition coefficient (Wildman–Crippen LogP) is 2.20. The Balaban J connectivity index is 2.88. The number of nitro groups is 1. The number of benzene rings is 1. The third kappa shape index (κ3) is 4.03. The highest BCUT2D eigenvalue weighted by molar-refractivity contribution is 5.80. The van der Waals surface area contributed by atoms with Crippen molar-refractivity contribution in [2.75, 3.05) is 7.11 Å². The number of nitrogens with zero attached hydrogens (tertiary/aromatic N) is 1. The van der Waals surface area contributed by atoms with Crippen molar-refractivity contribution in [2.45, 2.75) is 32.4 Å². The molecule has 0 aromatic heterocycles. The number of carbonyl (C=O) groups is 1. The van der Waals surface area contributed by atoms with Gasteiger partial charge in [-0.2, -0.15) is 0 Å². The molecular formula is C13H18N2O4. The van der Waals surface area contributed by atoms with E-state index in [1.54, 1.807) is 19.1 Å². The van der Waals surface area contributed by atoms with Crippen LogP contribution in [-0.2, 0) is 9.53 Å². The molecule has 0 fully saturated rings. The summed E-state index contributed by atoms with van der Waals surface area (Å²) in [7, 11) is 1.46. The van der Waals surface area contributed by atoms with Crippen LogP contribution in [0.3, 0.4) is 0 Å². The van der Waals surface area contributed by atoms with Crippen molar-refractivity contribution < 1.29 is 14.5 Å². The third-order valence-corrected chi connectivity index (χ3v) is 2.93. The Bertz CT molecular complexity index is 462. The van der Waals surface area contributed by atoms with Crippen molar-refractivity contribution >= 4 is 11.6 Å². The largest absolute Gasteiger partial charge is 0.372 e. The second-order valence-corrected chi connectivity index (χ2v) is 4.20. The van der Waals surface area contributed by atoms with Crippen molar-refractivity contribution in [1.82, 2.24) is 5.32 Å². The second kappa shape index (κ2) is 6.84. The fraction of sp³-hybridized carbons (Fsp3) is 0.462. The number of rotatable bonds is 6. The van der Waals surface area contributed by atoms with Gasteiger partial charge in [-0.15, -0.1) is 0 Å². The molecular weight excluding hydrogens is 248 g/mol. The van der Waals surface area contributed by atoms with Crippen molar-refractivity contribution in [2.24, 2.45) is 0 Å². The minimum atomic E-state index is -0.548. The average Bonchev–Trinajstić information content (AvgIpc) is 2.43. The smallest absolute Gasteiger partial charge is 0.269 e. The number of amides is 1. The van der Waals surface area contributed by atoms with Crippen LogP contribution in [0, 0.1) is 10.1 Å². The maximum absolute atomic E-state index is 11.8. The van der Waals surface area contributed by atoms with Gasteiger partial charge < -0.3 is 10.1 Å². The number of methoxy groups -OCH3 is 1. The summed E-state index contributed by atoms with van der Waals surface area (Å²) < 4.78 is 4.93. The minimum absolute atomic E-state index is 0.0185. The molecule has 1 aromatic carbocycles. The van der Waals surface area contributed by atoms with E-state index in [2.05, 4.69) is 5.32 Å². The first-order valence-corrected chi connectivity index (χ1v) is 6.07. The van der Waals surface area contributed by atoms with Crippen molar-refractivity contribution in [3.8, 4) is 0 Å². The number of non-ortho nitro benzene ring substituents is 1. The van der Waals surface area contributed by atoms with Gasteiger partial charge in [-0.25, -0.2) is 0 Å². The Labute approximate surface area is 111 Å². The van der Waals surface area contributed by atoms with E-state index in [0.29, 0.717) is 12.0 Å². The van der Waals surface area contributed by atoms with Gasteiger partial charge in [-0.1, -0.05) is 19.1 Å². The lowest BCUT2D eigenvalue weighted by molar-refractivity contribution is -0.384. The zero-order chi connectivity index (χ0) is 14.4. The van der Waals surface area contributed by atoms with Crippen LogP contribution in [0.4, 0.5) is 5.69 Å². The molecule has 6 nitrogen and oxygen atoms in total. The molecule has 0 unspecified atom stereocenters. The topological polar surface area (TPSA) is 81.5 Å². The fourth-order valence-electron chi connectivity index (χ4n) is 1.67. The minimum Gasteiger partial charge on any atom is -0.372 e. The molecule has 0 radical (unpaired) electrons. The summed E-state index contributed by atoms with van der Waals surface area (Å²) in [4.78, 5) is 22.1. The quantitative estimate of drug-likeness (QED) is 0.632. The van der Waals surface area contributed by atoms with Crippen LogP contribution in [0.25, 0.3) is 0 Å². The Morgan fingerprint density at radius 3 is 2.74 bits per heavy atom. The molecule has 1 rings (SSSR count). The van der Waals surface area contributed by atoms with E-state index in [1.165, 1.54) is 19.2 Å². The van der Waals surface area contributed by atoms with Crippen LogP contribution in [0.5, 0.6) is 0 Å². The highest BCUT2D eigenvalue weighted by atomic mass is 16.6. The van der Waals surface area contributed by atoms with Crippen molar-refractivity contribution in [1.29, 1.82) is 0 Å². The van der Waals surface area contributed by atoms with Crippen LogP contribution >= 0.6 is 0 Å². The summed E-state index contributed by atoms with van der Waals surface area (Å²) in [6.07, 6.45) is 0.0938. The Morgan fingerprint density at radius 1 is 1.53 bits per heavy atom. The van der Waals surface area contributed by atoms with Crippen LogP contribution < -0.4 is 5.32 Å². The van der Waals surface area contributed by atoms with Gasteiger partial charge in [0, 0.05) is 19.2 Å². The van der Waals surface area contributed by atoms with Gasteiger partial charge >= 0.3 is 0 Å². The molecule has 0 bridgehead atoms. The van der Waals surface area contributed by atoms with Gasteiger partial charge in [0.1, 0.15) is 6.10 Å². The molecule has 0 aliphatic carbocycles. The van der Waals surface area contributed by atoms with E-state index in [-0.39, 0.29) is 17.6 Å². The molecule has 0 saturated heterocycles. The molecule has 1 amide bonds. The number of hydrogen-bond donors (Lipinski definition) is 1. The Hall–Kier alpha value is -1.95. The zero-order valence-corrected chi connectivity index (χ0v) is 11.3. The molecule has 6 heteroatoms. The molecule has 1 aromatic rings. The highest BCUT2D eigenvalue weighted by Crippen LogP contribution is 2.21. The van der Waals surface area contributed by atoms with Gasteiger partial charge in [0.15, 0.2) is 0 Å². The predicted molar refractivity (Wildman–Crippen MR) is 70.7 cm³/mol. The number of nitrogens with one attached hydrogen (secondary N) is 1.